The lowest BCUT2D eigenvalue weighted by Gasteiger charge is -2.13. The van der Waals surface area contributed by atoms with Crippen LogP contribution in [0, 0.1) is 0 Å². The summed E-state index contributed by atoms with van der Waals surface area (Å²) >= 11 is 0. The lowest BCUT2D eigenvalue weighted by atomic mass is 10.1. The summed E-state index contributed by atoms with van der Waals surface area (Å²) in [5.41, 5.74) is 5.80. The Labute approximate surface area is 149 Å². The maximum atomic E-state index is 12.5. The minimum atomic E-state index is -4.00. The number of carbonyl (C=O) groups is 2. The Morgan fingerprint density at radius 1 is 1.00 bits per heavy atom. The first-order valence-electron chi connectivity index (χ1n) is 7.45. The molecule has 0 saturated carbocycles. The molecule has 26 heavy (non-hydrogen) atoms. The topological polar surface area (TPSA) is 128 Å². The quantitative estimate of drug-likeness (QED) is 0.516. The summed E-state index contributed by atoms with van der Waals surface area (Å²) in [5.74, 6) is -1.89. The average Bonchev–Trinajstić information content (AvgIpc) is 2.96. The minimum Gasteiger partial charge on any atom is -0.368 e. The second-order valence-electron chi connectivity index (χ2n) is 5.59. The van der Waals surface area contributed by atoms with E-state index in [1.165, 1.54) is 38.4 Å². The number of hydrogen-bond acceptors (Lipinski definition) is 7. The molecule has 10 heteroatoms. The molecule has 0 aliphatic rings. The Bertz CT molecular complexity index is 1120. The molecule has 2 aromatic heterocycles. The molecule has 3 rings (SSSR count). The predicted octanol–water partition coefficient (Wildman–Crippen LogP) is 0.734. The molecule has 9 nitrogen and oxygen atoms in total. The van der Waals surface area contributed by atoms with E-state index in [-0.39, 0.29) is 28.4 Å². The number of aromatic nitrogens is 3. The van der Waals surface area contributed by atoms with E-state index in [1.807, 2.05) is 0 Å². The fraction of sp³-hybridized carbons (Fsp3) is 0.125. The van der Waals surface area contributed by atoms with Crippen molar-refractivity contribution in [2.75, 3.05) is 19.8 Å². The molecule has 0 unspecified atom stereocenters. The van der Waals surface area contributed by atoms with E-state index in [0.717, 1.165) is 8.28 Å². The van der Waals surface area contributed by atoms with Crippen molar-refractivity contribution in [2.24, 2.45) is 0 Å². The van der Waals surface area contributed by atoms with Crippen molar-refractivity contribution in [3.63, 3.8) is 0 Å². The third-order valence-electron chi connectivity index (χ3n) is 3.66. The summed E-state index contributed by atoms with van der Waals surface area (Å²) in [4.78, 5) is 32.7. The van der Waals surface area contributed by atoms with E-state index in [9.17, 15) is 18.0 Å². The van der Waals surface area contributed by atoms with Crippen LogP contribution in [0.5, 0.6) is 0 Å². The lowest BCUT2D eigenvalue weighted by molar-refractivity contribution is 0.0814. The van der Waals surface area contributed by atoms with Gasteiger partial charge in [0.15, 0.2) is 5.65 Å². The highest BCUT2D eigenvalue weighted by Gasteiger charge is 2.26. The molecule has 0 bridgehead atoms. The van der Waals surface area contributed by atoms with Crippen LogP contribution in [0.3, 0.4) is 0 Å². The van der Waals surface area contributed by atoms with Gasteiger partial charge in [0.05, 0.1) is 0 Å². The second-order valence-corrected chi connectivity index (χ2v) is 7.58. The number of imidazole rings is 1. The zero-order valence-corrected chi connectivity index (χ0v) is 14.8. The Kier molecular flexibility index (Phi) is 4.30. The van der Waals surface area contributed by atoms with Crippen molar-refractivity contribution >= 4 is 38.9 Å². The number of hydrogen-bond donors (Lipinski definition) is 1. The second kappa shape index (κ2) is 6.32. The molecule has 1 aromatic carbocycles. The highest BCUT2D eigenvalue weighted by atomic mass is 32.2. The molecular weight excluding hydrogens is 358 g/mol. The number of pyridine rings is 1. The molecule has 0 amide bonds. The number of nitrogens with zero attached hydrogens (tertiary/aromatic N) is 4. The molecule has 0 saturated heterocycles. The summed E-state index contributed by atoms with van der Waals surface area (Å²) in [6.45, 7) is 0. The van der Waals surface area contributed by atoms with Gasteiger partial charge < -0.3 is 5.73 Å². The van der Waals surface area contributed by atoms with Crippen molar-refractivity contribution in [3.8, 4) is 0 Å². The van der Waals surface area contributed by atoms with Crippen molar-refractivity contribution in [3.05, 3.63) is 53.7 Å². The first-order valence-corrected chi connectivity index (χ1v) is 8.85. The van der Waals surface area contributed by atoms with Gasteiger partial charge in [-0.1, -0.05) is 30.3 Å². The van der Waals surface area contributed by atoms with E-state index < -0.39 is 21.8 Å². The number of nitrogen functional groups attached to an aromatic ring is 1. The third kappa shape index (κ3) is 2.85. The summed E-state index contributed by atoms with van der Waals surface area (Å²) < 4.78 is 26.6. The smallest absolute Gasteiger partial charge is 0.311 e. The van der Waals surface area contributed by atoms with Crippen molar-refractivity contribution in [2.45, 2.75) is 0 Å². The molecule has 0 aliphatic carbocycles. The fourth-order valence-corrected chi connectivity index (χ4v) is 3.27. The summed E-state index contributed by atoms with van der Waals surface area (Å²) in [6, 6.07) is 10.7. The van der Waals surface area contributed by atoms with Gasteiger partial charge >= 0.3 is 10.2 Å². The summed E-state index contributed by atoms with van der Waals surface area (Å²) in [7, 11) is -1.35. The van der Waals surface area contributed by atoms with Gasteiger partial charge in [0.25, 0.3) is 5.78 Å². The molecule has 0 fully saturated rings. The predicted molar refractivity (Wildman–Crippen MR) is 95.0 cm³/mol. The van der Waals surface area contributed by atoms with Crippen LogP contribution >= 0.6 is 0 Å². The number of anilines is 1. The van der Waals surface area contributed by atoms with E-state index >= 15 is 0 Å². The zero-order chi connectivity index (χ0) is 19.1. The molecule has 2 N–H and O–H groups in total. The highest BCUT2D eigenvalue weighted by Crippen LogP contribution is 2.20. The molecule has 0 atom stereocenters. The zero-order valence-electron chi connectivity index (χ0n) is 13.9. The van der Waals surface area contributed by atoms with Crippen molar-refractivity contribution in [1.29, 1.82) is 0 Å². The monoisotopic (exact) mass is 373 g/mol. The Hall–Kier alpha value is -3.11. The number of carbonyl (C=O) groups excluding carboxylic acids is 2. The first-order chi connectivity index (χ1) is 12.2. The van der Waals surface area contributed by atoms with Gasteiger partial charge in [-0.05, 0) is 12.1 Å². The van der Waals surface area contributed by atoms with Crippen molar-refractivity contribution < 1.29 is 18.0 Å². The van der Waals surface area contributed by atoms with Gasteiger partial charge in [0, 0.05) is 19.7 Å². The first kappa shape index (κ1) is 17.7. The van der Waals surface area contributed by atoms with Crippen molar-refractivity contribution in [1.82, 2.24) is 18.2 Å². The normalized spacial score (nSPS) is 11.8. The molecular formula is C16H15N5O4S. The average molecular weight is 373 g/mol. The molecule has 0 radical (unpaired) electrons. The van der Waals surface area contributed by atoms with Crippen LogP contribution in [0.25, 0.3) is 11.2 Å². The lowest BCUT2D eigenvalue weighted by Crippen LogP contribution is -2.30. The van der Waals surface area contributed by atoms with Gasteiger partial charge in [0.1, 0.15) is 11.2 Å². The summed E-state index contributed by atoms with van der Waals surface area (Å²) in [6.07, 6.45) is 0. The van der Waals surface area contributed by atoms with Gasteiger partial charge in [0.2, 0.25) is 11.7 Å². The largest absolute Gasteiger partial charge is 0.368 e. The summed E-state index contributed by atoms with van der Waals surface area (Å²) in [5, 5.41) is 0. The molecule has 134 valence electrons. The molecule has 0 spiro atoms. The van der Waals surface area contributed by atoms with Gasteiger partial charge in [-0.25, -0.2) is 9.97 Å². The van der Waals surface area contributed by atoms with E-state index in [2.05, 4.69) is 9.97 Å². The van der Waals surface area contributed by atoms with Gasteiger partial charge in [-0.15, -0.1) is 0 Å². The van der Waals surface area contributed by atoms with Crippen LogP contribution in [0.1, 0.15) is 20.8 Å². The van der Waals surface area contributed by atoms with Crippen LogP contribution in [-0.2, 0) is 10.2 Å². The SMILES string of the molecule is CN(C)S(=O)(=O)n1c(N)nc2ccc(C(=O)C(=O)c3ccccc3)nc21. The molecule has 3 aromatic rings. The minimum absolute atomic E-state index is 0.122. The number of benzene rings is 1. The van der Waals surface area contributed by atoms with Crippen LogP contribution in [0.15, 0.2) is 42.5 Å². The third-order valence-corrected chi connectivity index (χ3v) is 5.40. The van der Waals surface area contributed by atoms with Gasteiger partial charge in [-0.3, -0.25) is 9.59 Å². The van der Waals surface area contributed by atoms with Crippen LogP contribution < -0.4 is 5.73 Å². The number of ketones is 2. The maximum Gasteiger partial charge on any atom is 0.311 e. The number of nitrogens with two attached hydrogens (primary N) is 1. The number of fused-ring (bicyclic) bond motifs is 1. The molecule has 0 aliphatic heterocycles. The Morgan fingerprint density at radius 2 is 1.65 bits per heavy atom. The van der Waals surface area contributed by atoms with Crippen LogP contribution in [-0.4, -0.2) is 52.3 Å². The van der Waals surface area contributed by atoms with E-state index in [4.69, 9.17) is 5.73 Å². The molecule has 2 heterocycles. The van der Waals surface area contributed by atoms with Gasteiger partial charge in [-0.2, -0.15) is 16.7 Å². The van der Waals surface area contributed by atoms with Crippen LogP contribution in [0.4, 0.5) is 5.95 Å². The standard InChI is InChI=1S/C16H15N5O4S/c1-20(2)26(24,25)21-15-12(19-16(21)17)9-8-11(18-15)14(23)13(22)10-6-4-3-5-7-10/h3-9H,1-2H3,(H2,17,19). The fourth-order valence-electron chi connectivity index (χ4n) is 2.31. The Morgan fingerprint density at radius 3 is 2.27 bits per heavy atom. The van der Waals surface area contributed by atoms with E-state index in [1.54, 1.807) is 18.2 Å². The highest BCUT2D eigenvalue weighted by molar-refractivity contribution is 7.87. The number of Topliss-reactive ketones (excluding diaryl/α,β-unsaturated/α-hetero) is 2. The Balaban J connectivity index is 2.13. The van der Waals surface area contributed by atoms with E-state index in [0.29, 0.717) is 0 Å². The number of rotatable bonds is 5. The maximum absolute atomic E-state index is 12.5. The van der Waals surface area contributed by atoms with Crippen LogP contribution in [0.2, 0.25) is 0 Å².